The zero-order chi connectivity index (χ0) is 18.1. The van der Waals surface area contributed by atoms with Crippen molar-refractivity contribution in [1.29, 1.82) is 0 Å². The summed E-state index contributed by atoms with van der Waals surface area (Å²) in [5, 5.41) is 4.87. The van der Waals surface area contributed by atoms with Gasteiger partial charge in [0.15, 0.2) is 6.54 Å². The first kappa shape index (κ1) is 19.8. The number of urea groups is 1. The maximum atomic E-state index is 12.1. The van der Waals surface area contributed by atoms with Crippen LogP contribution in [0, 0.1) is 5.92 Å². The molecule has 0 radical (unpaired) electrons. The Hall–Kier alpha value is -2.22. The van der Waals surface area contributed by atoms with Gasteiger partial charge in [0.05, 0.1) is 7.05 Å². The lowest BCUT2D eigenvalue weighted by Gasteiger charge is -2.14. The fraction of sp³-hybridized carbons (Fsp3) is 0.500. The van der Waals surface area contributed by atoms with Crippen molar-refractivity contribution in [3.63, 3.8) is 0 Å². The van der Waals surface area contributed by atoms with Gasteiger partial charge in [-0.2, -0.15) is 8.78 Å². The number of nitrogens with one attached hydrogen (secondary N) is 3. The molecule has 0 spiro atoms. The molecule has 1 aromatic rings. The molecule has 1 rings (SSSR count). The van der Waals surface area contributed by atoms with Crippen LogP contribution in [0.2, 0.25) is 0 Å². The molecule has 1 atom stereocenters. The molecule has 3 amide bonds. The number of rotatable bonds is 8. The lowest BCUT2D eigenvalue weighted by molar-refractivity contribution is -0.885. The number of carbonyl (C=O) groups excluding carboxylic acids is 2. The minimum absolute atomic E-state index is 0.0889. The number of hydrogen-bond acceptors (Lipinski definition) is 3. The van der Waals surface area contributed by atoms with Crippen LogP contribution >= 0.6 is 0 Å². The molecule has 6 nitrogen and oxygen atoms in total. The number of alkyl halides is 2. The van der Waals surface area contributed by atoms with Gasteiger partial charge in [-0.15, -0.1) is 0 Å². The fourth-order valence-corrected chi connectivity index (χ4v) is 1.99. The smallest absolute Gasteiger partial charge is 0.387 e. The first-order valence-corrected chi connectivity index (χ1v) is 7.69. The zero-order valence-electron chi connectivity index (χ0n) is 14.1. The Kier molecular flexibility index (Phi) is 8.11. The van der Waals surface area contributed by atoms with Crippen molar-refractivity contribution in [2.45, 2.75) is 27.0 Å². The van der Waals surface area contributed by atoms with Gasteiger partial charge in [0.1, 0.15) is 12.3 Å². The summed E-state index contributed by atoms with van der Waals surface area (Å²) in [4.78, 5) is 24.1. The van der Waals surface area contributed by atoms with E-state index in [0.29, 0.717) is 19.0 Å². The highest BCUT2D eigenvalue weighted by molar-refractivity contribution is 5.94. The summed E-state index contributed by atoms with van der Waals surface area (Å²) in [5.74, 6) is 0.00792. The first-order valence-electron chi connectivity index (χ1n) is 7.69. The van der Waals surface area contributed by atoms with Gasteiger partial charge in [-0.05, 0) is 30.2 Å². The third kappa shape index (κ3) is 8.42. The van der Waals surface area contributed by atoms with E-state index in [1.165, 1.54) is 12.1 Å². The molecule has 8 heteroatoms. The topological polar surface area (TPSA) is 71.9 Å². The van der Waals surface area contributed by atoms with E-state index in [1.54, 1.807) is 19.2 Å². The molecule has 0 fully saturated rings. The van der Waals surface area contributed by atoms with E-state index in [0.717, 1.165) is 10.5 Å². The predicted molar refractivity (Wildman–Crippen MR) is 84.9 cm³/mol. The van der Waals surface area contributed by atoms with Crippen molar-refractivity contribution in [2.75, 3.05) is 20.1 Å². The Morgan fingerprint density at radius 3 is 2.38 bits per heavy atom. The summed E-state index contributed by atoms with van der Waals surface area (Å²) in [6.07, 6.45) is 0. The van der Waals surface area contributed by atoms with Crippen LogP contribution in [0.1, 0.15) is 19.4 Å². The molecule has 0 aliphatic carbocycles. The molecule has 1 unspecified atom stereocenters. The van der Waals surface area contributed by atoms with E-state index >= 15 is 0 Å². The number of imide groups is 1. The average molecular weight is 344 g/mol. The van der Waals surface area contributed by atoms with Gasteiger partial charge in [-0.25, -0.2) is 4.79 Å². The molecule has 134 valence electrons. The summed E-state index contributed by atoms with van der Waals surface area (Å²) >= 11 is 0. The molecule has 3 N–H and O–H groups in total. The largest absolute Gasteiger partial charge is 0.435 e. The third-order valence-electron chi connectivity index (χ3n) is 3.04. The van der Waals surface area contributed by atoms with Crippen LogP contribution in [0.3, 0.4) is 0 Å². The molecule has 24 heavy (non-hydrogen) atoms. The van der Waals surface area contributed by atoms with Gasteiger partial charge >= 0.3 is 12.6 Å². The Morgan fingerprint density at radius 1 is 1.21 bits per heavy atom. The Morgan fingerprint density at radius 2 is 1.83 bits per heavy atom. The second-order valence-corrected chi connectivity index (χ2v) is 5.99. The molecular weight excluding hydrogens is 320 g/mol. The number of carbonyl (C=O) groups is 2. The summed E-state index contributed by atoms with van der Waals surface area (Å²) in [6, 6.07) is 5.72. The lowest BCUT2D eigenvalue weighted by Crippen LogP contribution is -3.09. The zero-order valence-corrected chi connectivity index (χ0v) is 14.1. The number of ether oxygens (including phenoxy) is 1. The Balaban J connectivity index is 2.38. The van der Waals surface area contributed by atoms with Crippen LogP contribution in [0.25, 0.3) is 0 Å². The van der Waals surface area contributed by atoms with Crippen molar-refractivity contribution in [3.05, 3.63) is 29.8 Å². The van der Waals surface area contributed by atoms with Crippen molar-refractivity contribution < 1.29 is 28.0 Å². The highest BCUT2D eigenvalue weighted by Crippen LogP contribution is 2.14. The Bertz CT molecular complexity index is 536. The summed E-state index contributed by atoms with van der Waals surface area (Å²) < 4.78 is 28.4. The summed E-state index contributed by atoms with van der Waals surface area (Å²) in [5.41, 5.74) is 0.867. The van der Waals surface area contributed by atoms with Crippen molar-refractivity contribution in [2.24, 2.45) is 5.92 Å². The monoisotopic (exact) mass is 344 g/mol. The number of benzene rings is 1. The normalized spacial score (nSPS) is 12.1. The minimum Gasteiger partial charge on any atom is -0.435 e. The first-order chi connectivity index (χ1) is 11.3. The van der Waals surface area contributed by atoms with Gasteiger partial charge in [0.25, 0.3) is 5.91 Å². The maximum absolute atomic E-state index is 12.1. The summed E-state index contributed by atoms with van der Waals surface area (Å²) in [7, 11) is 1.80. The van der Waals surface area contributed by atoms with Crippen LogP contribution < -0.4 is 20.3 Å². The number of likely N-dealkylation sites (N-methyl/N-ethyl adjacent to an activating group) is 1. The van der Waals surface area contributed by atoms with Crippen molar-refractivity contribution in [1.82, 2.24) is 10.6 Å². The third-order valence-corrected chi connectivity index (χ3v) is 3.04. The van der Waals surface area contributed by atoms with Crippen LogP contribution in [-0.4, -0.2) is 38.7 Å². The second kappa shape index (κ2) is 9.82. The Labute approximate surface area is 140 Å². The average Bonchev–Trinajstić information content (AvgIpc) is 2.46. The lowest BCUT2D eigenvalue weighted by atomic mass is 10.2. The highest BCUT2D eigenvalue weighted by atomic mass is 19.3. The predicted octanol–water partition coefficient (Wildman–Crippen LogP) is 0.785. The van der Waals surface area contributed by atoms with E-state index in [9.17, 15) is 18.4 Å². The summed E-state index contributed by atoms with van der Waals surface area (Å²) in [6.45, 7) is 2.18. The number of quaternary nitrogens is 1. The van der Waals surface area contributed by atoms with Crippen molar-refractivity contribution >= 4 is 11.9 Å². The van der Waals surface area contributed by atoms with Gasteiger partial charge in [-0.3, -0.25) is 10.1 Å². The number of halogens is 2. The fourth-order valence-electron chi connectivity index (χ4n) is 1.99. The van der Waals surface area contributed by atoms with E-state index in [-0.39, 0.29) is 18.2 Å². The van der Waals surface area contributed by atoms with E-state index in [4.69, 9.17) is 0 Å². The highest BCUT2D eigenvalue weighted by Gasteiger charge is 2.14. The number of hydrogen-bond donors (Lipinski definition) is 3. The second-order valence-electron chi connectivity index (χ2n) is 5.99. The molecular formula is C16H24F2N3O3+. The standard InChI is InChI=1S/C16H23F2N3O3/c1-11(2)8-19-16(23)20-14(22)10-21(3)9-12-4-6-13(7-5-12)24-15(17)18/h4-7,11,15H,8-10H2,1-3H3,(H2,19,20,22,23)/p+1. The molecule has 0 saturated heterocycles. The van der Waals surface area contributed by atoms with E-state index in [2.05, 4.69) is 15.4 Å². The van der Waals surface area contributed by atoms with Crippen LogP contribution in [-0.2, 0) is 11.3 Å². The molecule has 0 aromatic heterocycles. The molecule has 0 heterocycles. The van der Waals surface area contributed by atoms with E-state index in [1.807, 2.05) is 13.8 Å². The van der Waals surface area contributed by atoms with E-state index < -0.39 is 12.6 Å². The number of amides is 3. The molecule has 0 aliphatic rings. The van der Waals surface area contributed by atoms with Crippen LogP contribution in [0.15, 0.2) is 24.3 Å². The minimum atomic E-state index is -2.85. The quantitative estimate of drug-likeness (QED) is 0.653. The molecule has 1 aromatic carbocycles. The SMILES string of the molecule is CC(C)CNC(=O)NC(=O)C[NH+](C)Cc1ccc(OC(F)F)cc1. The van der Waals surface area contributed by atoms with Crippen LogP contribution in [0.5, 0.6) is 5.75 Å². The molecule has 0 aliphatic heterocycles. The molecule has 0 saturated carbocycles. The van der Waals surface area contributed by atoms with Crippen molar-refractivity contribution in [3.8, 4) is 5.75 Å². The van der Waals surface area contributed by atoms with Crippen LogP contribution in [0.4, 0.5) is 13.6 Å². The van der Waals surface area contributed by atoms with Gasteiger partial charge < -0.3 is 15.0 Å². The molecule has 0 bridgehead atoms. The van der Waals surface area contributed by atoms with Gasteiger partial charge in [0.2, 0.25) is 0 Å². The van der Waals surface area contributed by atoms with Gasteiger partial charge in [-0.1, -0.05) is 13.8 Å². The van der Waals surface area contributed by atoms with Gasteiger partial charge in [0, 0.05) is 12.1 Å². The maximum Gasteiger partial charge on any atom is 0.387 e.